The molecule has 1 saturated heterocycles. The van der Waals surface area contributed by atoms with E-state index in [1.807, 2.05) is 0 Å². The Morgan fingerprint density at radius 2 is 1.92 bits per heavy atom. The molecular formula is C20H35IN4O. The van der Waals surface area contributed by atoms with Crippen molar-refractivity contribution in [2.45, 2.75) is 46.2 Å². The predicted molar refractivity (Wildman–Crippen MR) is 122 cm³/mol. The SMILES string of the molecule is CCNC(=NCc1ccc(N2CCC(C)CC2)cc1)NC(C)COC.I. The number of nitrogens with one attached hydrogen (secondary N) is 2. The zero-order valence-corrected chi connectivity index (χ0v) is 19.0. The first-order valence-corrected chi connectivity index (χ1v) is 9.50. The van der Waals surface area contributed by atoms with Crippen LogP contribution in [0.5, 0.6) is 0 Å². The number of anilines is 1. The number of piperidine rings is 1. The van der Waals surface area contributed by atoms with Crippen molar-refractivity contribution in [1.29, 1.82) is 0 Å². The number of ether oxygens (including phenoxy) is 1. The maximum absolute atomic E-state index is 5.17. The lowest BCUT2D eigenvalue weighted by Crippen LogP contribution is -2.43. The van der Waals surface area contributed by atoms with Crippen molar-refractivity contribution in [2.75, 3.05) is 38.3 Å². The fraction of sp³-hybridized carbons (Fsp3) is 0.650. The summed E-state index contributed by atoms with van der Waals surface area (Å²) in [7, 11) is 1.72. The van der Waals surface area contributed by atoms with Crippen LogP contribution in [-0.4, -0.2) is 45.4 Å². The third-order valence-electron chi connectivity index (χ3n) is 4.65. The lowest BCUT2D eigenvalue weighted by atomic mass is 9.99. The highest BCUT2D eigenvalue weighted by Crippen LogP contribution is 2.23. The van der Waals surface area contributed by atoms with Gasteiger partial charge in [-0.15, -0.1) is 24.0 Å². The van der Waals surface area contributed by atoms with Crippen LogP contribution in [0.3, 0.4) is 0 Å². The van der Waals surface area contributed by atoms with Gasteiger partial charge in [-0.05, 0) is 50.3 Å². The van der Waals surface area contributed by atoms with Gasteiger partial charge >= 0.3 is 0 Å². The van der Waals surface area contributed by atoms with E-state index in [0.29, 0.717) is 13.2 Å². The second-order valence-corrected chi connectivity index (χ2v) is 7.03. The first kappa shape index (κ1) is 23.0. The summed E-state index contributed by atoms with van der Waals surface area (Å²) in [4.78, 5) is 7.17. The highest BCUT2D eigenvalue weighted by molar-refractivity contribution is 14.0. The molecule has 0 spiro atoms. The number of halogens is 1. The Bertz CT molecular complexity index is 527. The molecule has 0 amide bonds. The summed E-state index contributed by atoms with van der Waals surface area (Å²) < 4.78 is 5.17. The van der Waals surface area contributed by atoms with Gasteiger partial charge in [0.2, 0.25) is 0 Å². The molecule has 0 aliphatic carbocycles. The quantitative estimate of drug-likeness (QED) is 0.360. The summed E-state index contributed by atoms with van der Waals surface area (Å²) in [6.07, 6.45) is 2.59. The smallest absolute Gasteiger partial charge is 0.191 e. The van der Waals surface area contributed by atoms with Gasteiger partial charge in [0.05, 0.1) is 13.2 Å². The number of benzene rings is 1. The van der Waals surface area contributed by atoms with Crippen molar-refractivity contribution in [3.63, 3.8) is 0 Å². The number of hydrogen-bond acceptors (Lipinski definition) is 3. The lowest BCUT2D eigenvalue weighted by Gasteiger charge is -2.32. The summed E-state index contributed by atoms with van der Waals surface area (Å²) in [5.74, 6) is 1.70. The van der Waals surface area contributed by atoms with Crippen molar-refractivity contribution in [3.05, 3.63) is 29.8 Å². The fourth-order valence-electron chi connectivity index (χ4n) is 3.09. The first-order chi connectivity index (χ1) is 12.1. The van der Waals surface area contributed by atoms with E-state index in [1.54, 1.807) is 7.11 Å². The summed E-state index contributed by atoms with van der Waals surface area (Å²) in [5, 5.41) is 6.65. The molecule has 0 saturated carbocycles. The molecular weight excluding hydrogens is 439 g/mol. The van der Waals surface area contributed by atoms with E-state index in [-0.39, 0.29) is 30.0 Å². The molecule has 0 aromatic heterocycles. The van der Waals surface area contributed by atoms with Crippen LogP contribution in [0.15, 0.2) is 29.3 Å². The fourth-order valence-corrected chi connectivity index (χ4v) is 3.09. The van der Waals surface area contributed by atoms with Crippen LogP contribution in [0.25, 0.3) is 0 Å². The Labute approximate surface area is 176 Å². The molecule has 1 aromatic carbocycles. The molecule has 1 atom stereocenters. The van der Waals surface area contributed by atoms with E-state index >= 15 is 0 Å². The summed E-state index contributed by atoms with van der Waals surface area (Å²) in [6.45, 7) is 11.0. The van der Waals surface area contributed by atoms with Crippen molar-refractivity contribution >= 4 is 35.6 Å². The zero-order valence-electron chi connectivity index (χ0n) is 16.6. The van der Waals surface area contributed by atoms with Gasteiger partial charge in [0.25, 0.3) is 0 Å². The van der Waals surface area contributed by atoms with Crippen molar-refractivity contribution in [1.82, 2.24) is 10.6 Å². The van der Waals surface area contributed by atoms with Crippen LogP contribution in [0, 0.1) is 5.92 Å². The summed E-state index contributed by atoms with van der Waals surface area (Å²) in [5.41, 5.74) is 2.56. The van der Waals surface area contributed by atoms with E-state index in [9.17, 15) is 0 Å². The topological polar surface area (TPSA) is 48.9 Å². The molecule has 1 aliphatic rings. The first-order valence-electron chi connectivity index (χ1n) is 9.50. The third kappa shape index (κ3) is 7.70. The second-order valence-electron chi connectivity index (χ2n) is 7.03. The number of nitrogens with zero attached hydrogens (tertiary/aromatic N) is 2. The maximum atomic E-state index is 5.17. The molecule has 0 radical (unpaired) electrons. The van der Waals surface area contributed by atoms with Crippen LogP contribution in [0.2, 0.25) is 0 Å². The molecule has 1 aromatic rings. The zero-order chi connectivity index (χ0) is 18.1. The van der Waals surface area contributed by atoms with Crippen molar-refractivity contribution < 1.29 is 4.74 Å². The standard InChI is InChI=1S/C20H34N4O.HI/c1-5-21-20(23-17(3)15-25-4)22-14-18-6-8-19(9-7-18)24-12-10-16(2)11-13-24;/h6-9,16-17H,5,10-15H2,1-4H3,(H2,21,22,23);1H. The third-order valence-corrected chi connectivity index (χ3v) is 4.65. The van der Waals surface area contributed by atoms with Gasteiger partial charge in [0, 0.05) is 38.5 Å². The minimum atomic E-state index is 0. The average Bonchev–Trinajstić information content (AvgIpc) is 2.61. The summed E-state index contributed by atoms with van der Waals surface area (Å²) >= 11 is 0. The molecule has 26 heavy (non-hydrogen) atoms. The number of rotatable bonds is 7. The molecule has 1 heterocycles. The van der Waals surface area contributed by atoms with Gasteiger partial charge in [-0.2, -0.15) is 0 Å². The highest BCUT2D eigenvalue weighted by atomic mass is 127. The van der Waals surface area contributed by atoms with Crippen molar-refractivity contribution in [3.8, 4) is 0 Å². The normalized spacial score (nSPS) is 16.8. The maximum Gasteiger partial charge on any atom is 0.191 e. The Morgan fingerprint density at radius 3 is 2.50 bits per heavy atom. The Hall–Kier alpha value is -1.02. The van der Waals surface area contributed by atoms with Crippen LogP contribution in [0.1, 0.15) is 39.2 Å². The van der Waals surface area contributed by atoms with Crippen molar-refractivity contribution in [2.24, 2.45) is 10.9 Å². The van der Waals surface area contributed by atoms with Crippen LogP contribution >= 0.6 is 24.0 Å². The van der Waals surface area contributed by atoms with Gasteiger partial charge in [0.15, 0.2) is 5.96 Å². The van der Waals surface area contributed by atoms with Gasteiger partial charge < -0.3 is 20.3 Å². The molecule has 1 unspecified atom stereocenters. The molecule has 148 valence electrons. The average molecular weight is 474 g/mol. The number of methoxy groups -OCH3 is 1. The number of hydrogen-bond donors (Lipinski definition) is 2. The predicted octanol–water partition coefficient (Wildman–Crippen LogP) is 3.63. The summed E-state index contributed by atoms with van der Waals surface area (Å²) in [6, 6.07) is 9.08. The van der Waals surface area contributed by atoms with Gasteiger partial charge in [0.1, 0.15) is 0 Å². The number of aliphatic imine (C=N–C) groups is 1. The molecule has 6 heteroatoms. The monoisotopic (exact) mass is 474 g/mol. The Balaban J connectivity index is 0.00000338. The van der Waals surface area contributed by atoms with E-state index in [2.05, 4.69) is 65.6 Å². The largest absolute Gasteiger partial charge is 0.383 e. The molecule has 2 rings (SSSR count). The Kier molecular flexibility index (Phi) is 11.0. The molecule has 0 bridgehead atoms. The van der Waals surface area contributed by atoms with E-state index in [4.69, 9.17) is 4.74 Å². The van der Waals surface area contributed by atoms with E-state index in [1.165, 1.54) is 37.2 Å². The Morgan fingerprint density at radius 1 is 1.27 bits per heavy atom. The molecule has 1 fully saturated rings. The van der Waals surface area contributed by atoms with Gasteiger partial charge in [-0.1, -0.05) is 19.1 Å². The van der Waals surface area contributed by atoms with Gasteiger partial charge in [-0.3, -0.25) is 0 Å². The van der Waals surface area contributed by atoms with E-state index < -0.39 is 0 Å². The second kappa shape index (κ2) is 12.4. The van der Waals surface area contributed by atoms with Gasteiger partial charge in [-0.25, -0.2) is 4.99 Å². The minimum Gasteiger partial charge on any atom is -0.383 e. The highest BCUT2D eigenvalue weighted by Gasteiger charge is 2.15. The van der Waals surface area contributed by atoms with Crippen LogP contribution in [-0.2, 0) is 11.3 Å². The molecule has 2 N–H and O–H groups in total. The lowest BCUT2D eigenvalue weighted by molar-refractivity contribution is 0.179. The van der Waals surface area contributed by atoms with Crippen LogP contribution in [0.4, 0.5) is 5.69 Å². The molecule has 5 nitrogen and oxygen atoms in total. The van der Waals surface area contributed by atoms with E-state index in [0.717, 1.165) is 18.4 Å². The molecule has 1 aliphatic heterocycles. The van der Waals surface area contributed by atoms with Crippen LogP contribution < -0.4 is 15.5 Å². The minimum absolute atomic E-state index is 0. The number of guanidine groups is 1.